The number of pyridine rings is 1. The van der Waals surface area contributed by atoms with Crippen molar-refractivity contribution < 1.29 is 0 Å². The summed E-state index contributed by atoms with van der Waals surface area (Å²) < 4.78 is 1.41. The molecule has 0 bridgehead atoms. The second kappa shape index (κ2) is 4.35. The van der Waals surface area contributed by atoms with E-state index in [0.717, 1.165) is 0 Å². The van der Waals surface area contributed by atoms with Gasteiger partial charge >= 0.3 is 0 Å². The summed E-state index contributed by atoms with van der Waals surface area (Å²) in [5.74, 6) is 0. The molecule has 0 saturated carbocycles. The predicted molar refractivity (Wildman–Crippen MR) is 69.9 cm³/mol. The van der Waals surface area contributed by atoms with E-state index < -0.39 is 0 Å². The molecule has 0 aliphatic rings. The highest BCUT2D eigenvalue weighted by Gasteiger charge is 2.08. The molecule has 5 nitrogen and oxygen atoms in total. The van der Waals surface area contributed by atoms with Gasteiger partial charge in [0, 0.05) is 6.20 Å². The fourth-order valence-corrected chi connectivity index (χ4v) is 1.92. The Labute approximate surface area is 108 Å². The molecule has 2 heterocycles. The van der Waals surface area contributed by atoms with Crippen LogP contribution in [0.25, 0.3) is 16.6 Å². The highest BCUT2D eigenvalue weighted by atomic mass is 16.1. The molecular formula is C14H8N4O. The Morgan fingerprint density at radius 3 is 2.84 bits per heavy atom. The van der Waals surface area contributed by atoms with Crippen molar-refractivity contribution >= 4 is 10.9 Å². The first-order valence-corrected chi connectivity index (χ1v) is 5.62. The van der Waals surface area contributed by atoms with E-state index in [0.29, 0.717) is 22.2 Å². The van der Waals surface area contributed by atoms with Crippen LogP contribution in [0.4, 0.5) is 0 Å². The molecule has 0 fully saturated rings. The quantitative estimate of drug-likeness (QED) is 0.656. The summed E-state index contributed by atoms with van der Waals surface area (Å²) in [6, 6.07) is 10.5. The Morgan fingerprint density at radius 1 is 1.21 bits per heavy atom. The first-order valence-electron chi connectivity index (χ1n) is 5.62. The highest BCUT2D eigenvalue weighted by molar-refractivity contribution is 5.83. The number of benzene rings is 1. The molecule has 90 valence electrons. The minimum Gasteiger partial charge on any atom is -0.268 e. The van der Waals surface area contributed by atoms with Crippen molar-refractivity contribution in [3.8, 4) is 11.8 Å². The minimum atomic E-state index is -0.213. The maximum atomic E-state index is 12.4. The number of aromatic nitrogens is 3. The van der Waals surface area contributed by atoms with E-state index in [1.54, 1.807) is 42.7 Å². The van der Waals surface area contributed by atoms with Crippen LogP contribution in [0.3, 0.4) is 0 Å². The second-order valence-corrected chi connectivity index (χ2v) is 3.94. The van der Waals surface area contributed by atoms with Crippen molar-refractivity contribution in [1.29, 1.82) is 5.26 Å². The lowest BCUT2D eigenvalue weighted by molar-refractivity contribution is 0.953. The zero-order valence-electron chi connectivity index (χ0n) is 9.82. The third-order valence-electron chi connectivity index (χ3n) is 2.83. The van der Waals surface area contributed by atoms with Gasteiger partial charge < -0.3 is 0 Å². The molecule has 0 spiro atoms. The van der Waals surface area contributed by atoms with Crippen LogP contribution >= 0.6 is 0 Å². The molecule has 0 aliphatic carbocycles. The van der Waals surface area contributed by atoms with E-state index in [9.17, 15) is 4.79 Å². The molecule has 1 aromatic carbocycles. The molecule has 2 aromatic heterocycles. The highest BCUT2D eigenvalue weighted by Crippen LogP contribution is 2.12. The Bertz CT molecular complexity index is 847. The number of hydrogen-bond acceptors (Lipinski definition) is 4. The zero-order valence-corrected chi connectivity index (χ0v) is 9.82. The first-order chi connectivity index (χ1) is 9.31. The monoisotopic (exact) mass is 248 g/mol. The van der Waals surface area contributed by atoms with E-state index in [2.05, 4.69) is 9.97 Å². The minimum absolute atomic E-state index is 0.213. The number of nitriles is 1. The van der Waals surface area contributed by atoms with E-state index in [4.69, 9.17) is 5.26 Å². The SMILES string of the molecule is N#Cc1cccc2c(=O)n(-c3cccnc3)cnc12. The van der Waals surface area contributed by atoms with Crippen molar-refractivity contribution in [2.24, 2.45) is 0 Å². The molecule has 3 rings (SSSR count). The van der Waals surface area contributed by atoms with Crippen molar-refractivity contribution in [3.63, 3.8) is 0 Å². The Kier molecular flexibility index (Phi) is 2.54. The van der Waals surface area contributed by atoms with Crippen LogP contribution < -0.4 is 5.56 Å². The molecule has 0 atom stereocenters. The summed E-state index contributed by atoms with van der Waals surface area (Å²) in [6.07, 6.45) is 4.64. The third kappa shape index (κ3) is 1.76. The number of rotatable bonds is 1. The van der Waals surface area contributed by atoms with E-state index in [1.165, 1.54) is 10.9 Å². The van der Waals surface area contributed by atoms with Crippen molar-refractivity contribution in [1.82, 2.24) is 14.5 Å². The summed E-state index contributed by atoms with van der Waals surface area (Å²) in [5, 5.41) is 9.43. The van der Waals surface area contributed by atoms with Crippen LogP contribution in [-0.2, 0) is 0 Å². The molecule has 3 aromatic rings. The molecule has 0 N–H and O–H groups in total. The van der Waals surface area contributed by atoms with Gasteiger partial charge in [-0.1, -0.05) is 6.07 Å². The number of fused-ring (bicyclic) bond motifs is 1. The Hall–Kier alpha value is -3.00. The average Bonchev–Trinajstić information content (AvgIpc) is 2.48. The summed E-state index contributed by atoms with van der Waals surface area (Å²) >= 11 is 0. The van der Waals surface area contributed by atoms with Crippen LogP contribution in [-0.4, -0.2) is 14.5 Å². The lowest BCUT2D eigenvalue weighted by atomic mass is 10.1. The maximum Gasteiger partial charge on any atom is 0.265 e. The molecule has 0 aliphatic heterocycles. The van der Waals surface area contributed by atoms with Crippen molar-refractivity contribution in [2.45, 2.75) is 0 Å². The van der Waals surface area contributed by atoms with Gasteiger partial charge in [-0.25, -0.2) is 4.98 Å². The Balaban J connectivity index is 2.35. The fraction of sp³-hybridized carbons (Fsp3) is 0. The van der Waals surface area contributed by atoms with Gasteiger partial charge in [-0.15, -0.1) is 0 Å². The number of nitrogens with zero attached hydrogens (tertiary/aromatic N) is 4. The number of hydrogen-bond donors (Lipinski definition) is 0. The largest absolute Gasteiger partial charge is 0.268 e. The van der Waals surface area contributed by atoms with Gasteiger partial charge in [-0.3, -0.25) is 14.3 Å². The maximum absolute atomic E-state index is 12.4. The Morgan fingerprint density at radius 2 is 2.11 bits per heavy atom. The second-order valence-electron chi connectivity index (χ2n) is 3.94. The van der Waals surface area contributed by atoms with Gasteiger partial charge in [0.1, 0.15) is 12.4 Å². The van der Waals surface area contributed by atoms with Crippen LogP contribution in [0.2, 0.25) is 0 Å². The summed E-state index contributed by atoms with van der Waals surface area (Å²) in [6.45, 7) is 0. The van der Waals surface area contributed by atoms with Crippen LogP contribution in [0.1, 0.15) is 5.56 Å². The van der Waals surface area contributed by atoms with E-state index in [-0.39, 0.29) is 5.56 Å². The van der Waals surface area contributed by atoms with Crippen LogP contribution in [0.15, 0.2) is 53.8 Å². The molecular weight excluding hydrogens is 240 g/mol. The smallest absolute Gasteiger partial charge is 0.265 e. The van der Waals surface area contributed by atoms with E-state index in [1.807, 2.05) is 6.07 Å². The predicted octanol–water partition coefficient (Wildman–Crippen LogP) is 1.65. The molecule has 0 radical (unpaired) electrons. The molecule has 0 saturated heterocycles. The average molecular weight is 248 g/mol. The van der Waals surface area contributed by atoms with E-state index >= 15 is 0 Å². The normalized spacial score (nSPS) is 10.3. The molecule has 5 heteroatoms. The van der Waals surface area contributed by atoms with Crippen LogP contribution in [0.5, 0.6) is 0 Å². The van der Waals surface area contributed by atoms with Crippen molar-refractivity contribution in [2.75, 3.05) is 0 Å². The van der Waals surface area contributed by atoms with Gasteiger partial charge in [-0.2, -0.15) is 5.26 Å². The van der Waals surface area contributed by atoms with Gasteiger partial charge in [0.2, 0.25) is 0 Å². The molecule has 19 heavy (non-hydrogen) atoms. The third-order valence-corrected chi connectivity index (χ3v) is 2.83. The standard InChI is InChI=1S/C14H8N4O/c15-7-10-3-1-5-12-13(10)17-9-18(14(12)19)11-4-2-6-16-8-11/h1-6,8-9H. The molecule has 0 unspecified atom stereocenters. The fourth-order valence-electron chi connectivity index (χ4n) is 1.92. The van der Waals surface area contributed by atoms with Crippen molar-refractivity contribution in [3.05, 3.63) is 65.0 Å². The van der Waals surface area contributed by atoms with Gasteiger partial charge in [0.05, 0.1) is 28.4 Å². The topological polar surface area (TPSA) is 71.6 Å². The molecule has 0 amide bonds. The first kappa shape index (κ1) is 11.1. The zero-order chi connectivity index (χ0) is 13.2. The van der Waals surface area contributed by atoms with Crippen LogP contribution in [0, 0.1) is 11.3 Å². The number of para-hydroxylation sites is 1. The lowest BCUT2D eigenvalue weighted by Crippen LogP contribution is -2.19. The van der Waals surface area contributed by atoms with Gasteiger partial charge in [0.15, 0.2) is 0 Å². The van der Waals surface area contributed by atoms with Gasteiger partial charge in [-0.05, 0) is 24.3 Å². The van der Waals surface area contributed by atoms with Gasteiger partial charge in [0.25, 0.3) is 5.56 Å². The summed E-state index contributed by atoms with van der Waals surface area (Å²) in [5.41, 5.74) is 1.25. The lowest BCUT2D eigenvalue weighted by Gasteiger charge is -2.06. The summed E-state index contributed by atoms with van der Waals surface area (Å²) in [7, 11) is 0. The summed E-state index contributed by atoms with van der Waals surface area (Å²) in [4.78, 5) is 20.6.